The summed E-state index contributed by atoms with van der Waals surface area (Å²) in [5.74, 6) is -0.141. The molecular formula is C9H7BrFIO. The molecule has 70 valence electrons. The van der Waals surface area contributed by atoms with Gasteiger partial charge in [0.2, 0.25) is 0 Å². The maximum Gasteiger partial charge on any atom is 0.147 e. The fourth-order valence-corrected chi connectivity index (χ4v) is 1.70. The van der Waals surface area contributed by atoms with Gasteiger partial charge in [0.05, 0.1) is 5.33 Å². The molecule has 0 unspecified atom stereocenters. The molecule has 0 saturated heterocycles. The number of benzene rings is 1. The highest BCUT2D eigenvalue weighted by molar-refractivity contribution is 14.1. The second-order valence-electron chi connectivity index (χ2n) is 2.60. The Hall–Kier alpha value is 0.0300. The van der Waals surface area contributed by atoms with Crippen LogP contribution in [0.4, 0.5) is 4.39 Å². The van der Waals surface area contributed by atoms with Gasteiger partial charge in [-0.3, -0.25) is 4.79 Å². The van der Waals surface area contributed by atoms with E-state index in [2.05, 4.69) is 15.9 Å². The molecule has 0 amide bonds. The molecule has 0 bridgehead atoms. The van der Waals surface area contributed by atoms with Crippen LogP contribution in [0.15, 0.2) is 18.2 Å². The highest BCUT2D eigenvalue weighted by Crippen LogP contribution is 2.13. The van der Waals surface area contributed by atoms with E-state index in [9.17, 15) is 9.18 Å². The Kier molecular flexibility index (Phi) is 4.31. The van der Waals surface area contributed by atoms with Crippen LogP contribution in [0.2, 0.25) is 0 Å². The summed E-state index contributed by atoms with van der Waals surface area (Å²) in [6.45, 7) is 0. The Balaban J connectivity index is 2.79. The molecule has 0 atom stereocenters. The average molecular weight is 357 g/mol. The van der Waals surface area contributed by atoms with E-state index in [0.29, 0.717) is 15.3 Å². The Bertz CT molecular complexity index is 327. The van der Waals surface area contributed by atoms with Gasteiger partial charge in [-0.15, -0.1) is 0 Å². The summed E-state index contributed by atoms with van der Waals surface area (Å²) in [5, 5.41) is 0.348. The summed E-state index contributed by atoms with van der Waals surface area (Å²) in [4.78, 5) is 11.0. The smallest absolute Gasteiger partial charge is 0.147 e. The summed E-state index contributed by atoms with van der Waals surface area (Å²) < 4.78 is 13.4. The predicted molar refractivity (Wildman–Crippen MR) is 61.6 cm³/mol. The number of alkyl halides is 1. The van der Waals surface area contributed by atoms with Gasteiger partial charge in [-0.25, -0.2) is 4.39 Å². The molecule has 1 nitrogen and oxygen atoms in total. The molecule has 0 fully saturated rings. The van der Waals surface area contributed by atoms with Crippen LogP contribution in [-0.2, 0) is 11.2 Å². The van der Waals surface area contributed by atoms with Gasteiger partial charge in [0.15, 0.2) is 0 Å². The minimum Gasteiger partial charge on any atom is -0.298 e. The lowest BCUT2D eigenvalue weighted by Gasteiger charge is -2.00. The van der Waals surface area contributed by atoms with E-state index in [4.69, 9.17) is 0 Å². The monoisotopic (exact) mass is 356 g/mol. The number of halogens is 3. The number of carbonyl (C=O) groups is 1. The van der Waals surface area contributed by atoms with Crippen LogP contribution in [0.25, 0.3) is 0 Å². The van der Waals surface area contributed by atoms with E-state index in [0.717, 1.165) is 5.56 Å². The molecule has 1 aromatic rings. The largest absolute Gasteiger partial charge is 0.298 e. The van der Waals surface area contributed by atoms with Crippen molar-refractivity contribution in [1.29, 1.82) is 0 Å². The fraction of sp³-hybridized carbons (Fsp3) is 0.222. The van der Waals surface area contributed by atoms with Gasteiger partial charge in [0.25, 0.3) is 0 Å². The molecule has 4 heteroatoms. The normalized spacial score (nSPS) is 10.1. The number of hydrogen-bond acceptors (Lipinski definition) is 1. The number of carbonyl (C=O) groups excluding carboxylic acids is 1. The Morgan fingerprint density at radius 1 is 1.54 bits per heavy atom. The van der Waals surface area contributed by atoms with Gasteiger partial charge in [-0.2, -0.15) is 0 Å². The third kappa shape index (κ3) is 3.34. The first kappa shape index (κ1) is 11.1. The second kappa shape index (κ2) is 5.05. The molecule has 0 N–H and O–H groups in total. The van der Waals surface area contributed by atoms with E-state index < -0.39 is 0 Å². The van der Waals surface area contributed by atoms with Gasteiger partial charge in [0, 0.05) is 9.99 Å². The first-order valence-corrected chi connectivity index (χ1v) is 5.85. The van der Waals surface area contributed by atoms with Gasteiger partial charge >= 0.3 is 0 Å². The summed E-state index contributed by atoms with van der Waals surface area (Å²) in [6, 6.07) is 4.72. The minimum atomic E-state index is -0.240. The van der Waals surface area contributed by atoms with Crippen LogP contribution >= 0.6 is 38.5 Å². The molecular weight excluding hydrogens is 350 g/mol. The van der Waals surface area contributed by atoms with Gasteiger partial charge in [-0.1, -0.05) is 22.0 Å². The zero-order valence-electron chi connectivity index (χ0n) is 6.69. The number of rotatable bonds is 3. The van der Waals surface area contributed by atoms with Crippen molar-refractivity contribution in [2.24, 2.45) is 0 Å². The summed E-state index contributed by atoms with van der Waals surface area (Å²) in [6.07, 6.45) is 0.363. The lowest BCUT2D eigenvalue weighted by atomic mass is 10.1. The standard InChI is InChI=1S/C9H7BrFIO/c10-5-7(13)3-6-1-2-8(11)9(12)4-6/h1-2,4H,3,5H2. The maximum absolute atomic E-state index is 12.8. The van der Waals surface area contributed by atoms with Crippen molar-refractivity contribution in [2.75, 3.05) is 5.33 Å². The molecule has 0 saturated carbocycles. The third-order valence-corrected chi connectivity index (χ3v) is 2.99. The SMILES string of the molecule is O=C(CBr)Cc1ccc(F)c(I)c1. The summed E-state index contributed by atoms with van der Waals surface area (Å²) in [5.41, 5.74) is 0.857. The van der Waals surface area contributed by atoms with Crippen molar-refractivity contribution in [2.45, 2.75) is 6.42 Å². The molecule has 0 aliphatic heterocycles. The Morgan fingerprint density at radius 2 is 2.23 bits per heavy atom. The van der Waals surface area contributed by atoms with Crippen molar-refractivity contribution < 1.29 is 9.18 Å². The molecule has 0 aliphatic carbocycles. The van der Waals surface area contributed by atoms with Crippen LogP contribution in [0.1, 0.15) is 5.56 Å². The molecule has 0 radical (unpaired) electrons. The van der Waals surface area contributed by atoms with Crippen LogP contribution in [-0.4, -0.2) is 11.1 Å². The second-order valence-corrected chi connectivity index (χ2v) is 4.32. The molecule has 0 spiro atoms. The van der Waals surface area contributed by atoms with Crippen molar-refractivity contribution in [3.8, 4) is 0 Å². The zero-order chi connectivity index (χ0) is 9.84. The van der Waals surface area contributed by atoms with Gasteiger partial charge in [0.1, 0.15) is 11.6 Å². The maximum atomic E-state index is 12.8. The minimum absolute atomic E-state index is 0.0995. The van der Waals surface area contributed by atoms with Crippen molar-refractivity contribution in [3.63, 3.8) is 0 Å². The molecule has 0 heterocycles. The highest BCUT2D eigenvalue weighted by atomic mass is 127. The number of hydrogen-bond donors (Lipinski definition) is 0. The molecule has 0 aliphatic rings. The first-order valence-electron chi connectivity index (χ1n) is 3.65. The van der Waals surface area contributed by atoms with Crippen LogP contribution in [0.3, 0.4) is 0 Å². The lowest BCUT2D eigenvalue weighted by Crippen LogP contribution is -2.03. The van der Waals surface area contributed by atoms with E-state index >= 15 is 0 Å². The number of ketones is 1. The predicted octanol–water partition coefficient (Wildman–Crippen LogP) is 2.94. The van der Waals surface area contributed by atoms with E-state index in [1.807, 2.05) is 22.6 Å². The average Bonchev–Trinajstić information content (AvgIpc) is 2.11. The molecule has 1 rings (SSSR count). The third-order valence-electron chi connectivity index (χ3n) is 1.53. The summed E-state index contributed by atoms with van der Waals surface area (Å²) in [7, 11) is 0. The van der Waals surface area contributed by atoms with Gasteiger partial charge in [-0.05, 0) is 40.3 Å². The topological polar surface area (TPSA) is 17.1 Å². The van der Waals surface area contributed by atoms with Crippen molar-refractivity contribution in [1.82, 2.24) is 0 Å². The van der Waals surface area contributed by atoms with E-state index in [1.165, 1.54) is 6.07 Å². The summed E-state index contributed by atoms with van der Waals surface area (Å²) >= 11 is 4.99. The van der Waals surface area contributed by atoms with Gasteiger partial charge < -0.3 is 0 Å². The van der Waals surface area contributed by atoms with Crippen molar-refractivity contribution >= 4 is 44.3 Å². The van der Waals surface area contributed by atoms with E-state index in [-0.39, 0.29) is 11.6 Å². The highest BCUT2D eigenvalue weighted by Gasteiger charge is 2.04. The van der Waals surface area contributed by atoms with Crippen LogP contribution in [0.5, 0.6) is 0 Å². The van der Waals surface area contributed by atoms with E-state index in [1.54, 1.807) is 12.1 Å². The molecule has 13 heavy (non-hydrogen) atoms. The Morgan fingerprint density at radius 3 is 2.77 bits per heavy atom. The van der Waals surface area contributed by atoms with Crippen molar-refractivity contribution in [3.05, 3.63) is 33.1 Å². The molecule has 1 aromatic carbocycles. The zero-order valence-corrected chi connectivity index (χ0v) is 10.4. The number of Topliss-reactive ketones (excluding diaryl/α,β-unsaturated/α-hetero) is 1. The lowest BCUT2D eigenvalue weighted by molar-refractivity contribution is -0.115. The Labute approximate surface area is 98.0 Å². The van der Waals surface area contributed by atoms with Crippen LogP contribution in [0, 0.1) is 9.39 Å². The molecule has 0 aromatic heterocycles. The first-order chi connectivity index (χ1) is 6.13. The fourth-order valence-electron chi connectivity index (χ4n) is 0.925. The quantitative estimate of drug-likeness (QED) is 0.601. The van der Waals surface area contributed by atoms with Crippen LogP contribution < -0.4 is 0 Å².